The highest BCUT2D eigenvalue weighted by Crippen LogP contribution is 2.36. The molecule has 0 unspecified atom stereocenters. The molecule has 0 atom stereocenters. The zero-order valence-corrected chi connectivity index (χ0v) is 15.2. The zero-order valence-electron chi connectivity index (χ0n) is 14.2. The normalized spacial score (nSPS) is 13.2. The van der Waals surface area contributed by atoms with Crippen LogP contribution in [0.5, 0.6) is 0 Å². The fourth-order valence-electron chi connectivity index (χ4n) is 1.17. The van der Waals surface area contributed by atoms with Crippen molar-refractivity contribution in [2.24, 2.45) is 0 Å². The lowest BCUT2D eigenvalue weighted by Crippen LogP contribution is -2.44. The average Bonchev–Trinajstić information content (AvgIpc) is 2.19. The summed E-state index contributed by atoms with van der Waals surface area (Å²) in [6.45, 7) is 16.6. The van der Waals surface area contributed by atoms with E-state index in [1.807, 2.05) is 0 Å². The van der Waals surface area contributed by atoms with Crippen molar-refractivity contribution in [2.75, 3.05) is 19.9 Å². The monoisotopic (exact) mass is 305 g/mol. The molecule has 0 bridgehead atoms. The van der Waals surface area contributed by atoms with Crippen LogP contribution in [0.25, 0.3) is 0 Å². The van der Waals surface area contributed by atoms with Crippen LogP contribution in [-0.4, -0.2) is 49.9 Å². The molecule has 0 saturated carbocycles. The summed E-state index contributed by atoms with van der Waals surface area (Å²) >= 11 is 0. The van der Waals surface area contributed by atoms with Gasteiger partial charge in [0.05, 0.1) is 6.61 Å². The molecule has 0 aromatic heterocycles. The molecule has 0 radical (unpaired) electrons. The van der Waals surface area contributed by atoms with Crippen molar-refractivity contribution in [2.45, 2.75) is 65.3 Å². The quantitative estimate of drug-likeness (QED) is 0.626. The molecule has 5 nitrogen and oxygen atoms in total. The van der Waals surface area contributed by atoms with E-state index in [0.717, 1.165) is 0 Å². The van der Waals surface area contributed by atoms with Crippen LogP contribution >= 0.6 is 0 Å². The lowest BCUT2D eigenvalue weighted by molar-refractivity contribution is 0.00268. The Labute approximate surface area is 124 Å². The Morgan fingerprint density at radius 1 is 1.15 bits per heavy atom. The first-order chi connectivity index (χ1) is 8.80. The van der Waals surface area contributed by atoms with Gasteiger partial charge in [-0.2, -0.15) is 0 Å². The molecular formula is C14H31NO4Si. The van der Waals surface area contributed by atoms with Gasteiger partial charge in [-0.15, -0.1) is 0 Å². The first-order valence-corrected chi connectivity index (χ1v) is 9.94. The van der Waals surface area contributed by atoms with Crippen molar-refractivity contribution in [3.8, 4) is 0 Å². The van der Waals surface area contributed by atoms with E-state index in [1.165, 1.54) is 4.90 Å². The van der Waals surface area contributed by atoms with Crippen LogP contribution in [0.2, 0.25) is 18.1 Å². The van der Waals surface area contributed by atoms with E-state index in [-0.39, 0.29) is 11.8 Å². The van der Waals surface area contributed by atoms with Crippen LogP contribution in [0, 0.1) is 0 Å². The number of carbonyl (C=O) groups excluding carboxylic acids is 1. The van der Waals surface area contributed by atoms with Gasteiger partial charge < -0.3 is 14.3 Å². The predicted octanol–water partition coefficient (Wildman–Crippen LogP) is 3.20. The SMILES string of the molecule is CC(C)(C)OC(=O)N(CO)CCO[Si](C)(C)C(C)(C)C. The number of amides is 1. The molecule has 120 valence electrons. The van der Waals surface area contributed by atoms with Crippen LogP contribution in [0.1, 0.15) is 41.5 Å². The van der Waals surface area contributed by atoms with Crippen molar-refractivity contribution in [1.82, 2.24) is 4.90 Å². The minimum atomic E-state index is -1.83. The molecule has 20 heavy (non-hydrogen) atoms. The van der Waals surface area contributed by atoms with E-state index in [4.69, 9.17) is 9.16 Å². The highest BCUT2D eigenvalue weighted by atomic mass is 28.4. The topological polar surface area (TPSA) is 59.0 Å². The molecule has 1 amide bonds. The maximum Gasteiger partial charge on any atom is 0.412 e. The van der Waals surface area contributed by atoms with E-state index in [1.54, 1.807) is 20.8 Å². The number of aliphatic hydroxyl groups excluding tert-OH is 1. The summed E-state index contributed by atoms with van der Waals surface area (Å²) in [5, 5.41) is 9.39. The molecule has 0 rings (SSSR count). The summed E-state index contributed by atoms with van der Waals surface area (Å²) in [5.74, 6) is 0. The number of ether oxygens (including phenoxy) is 1. The third-order valence-electron chi connectivity index (χ3n) is 3.45. The minimum Gasteiger partial charge on any atom is -0.444 e. The van der Waals surface area contributed by atoms with Crippen molar-refractivity contribution < 1.29 is 19.1 Å². The summed E-state index contributed by atoms with van der Waals surface area (Å²) < 4.78 is 11.2. The van der Waals surface area contributed by atoms with Gasteiger partial charge in [-0.05, 0) is 38.9 Å². The van der Waals surface area contributed by atoms with Gasteiger partial charge in [-0.25, -0.2) is 4.79 Å². The molecule has 6 heteroatoms. The van der Waals surface area contributed by atoms with Gasteiger partial charge in [-0.3, -0.25) is 4.90 Å². The number of nitrogens with zero attached hydrogens (tertiary/aromatic N) is 1. The molecule has 0 saturated heterocycles. The highest BCUT2D eigenvalue weighted by molar-refractivity contribution is 6.74. The number of hydrogen-bond donors (Lipinski definition) is 1. The first kappa shape index (κ1) is 19.4. The van der Waals surface area contributed by atoms with Crippen molar-refractivity contribution in [3.63, 3.8) is 0 Å². The van der Waals surface area contributed by atoms with Gasteiger partial charge in [0, 0.05) is 6.54 Å². The fraction of sp³-hybridized carbons (Fsp3) is 0.929. The standard InChI is InChI=1S/C14H31NO4Si/c1-13(2,3)19-12(17)15(11-16)9-10-18-20(7,8)14(4,5)6/h16H,9-11H2,1-8H3. The van der Waals surface area contributed by atoms with E-state index in [0.29, 0.717) is 13.2 Å². The van der Waals surface area contributed by atoms with Crippen LogP contribution in [0.3, 0.4) is 0 Å². The molecule has 0 fully saturated rings. The lowest BCUT2D eigenvalue weighted by Gasteiger charge is -2.36. The fourth-order valence-corrected chi connectivity index (χ4v) is 2.21. The molecular weight excluding hydrogens is 274 g/mol. The van der Waals surface area contributed by atoms with Crippen LogP contribution in [0.4, 0.5) is 4.79 Å². The number of carbonyl (C=O) groups is 1. The zero-order chi connectivity index (χ0) is 16.2. The largest absolute Gasteiger partial charge is 0.444 e. The Bertz CT molecular complexity index is 318. The summed E-state index contributed by atoms with van der Waals surface area (Å²) in [4.78, 5) is 13.1. The summed E-state index contributed by atoms with van der Waals surface area (Å²) in [5.41, 5.74) is -0.565. The Morgan fingerprint density at radius 2 is 1.65 bits per heavy atom. The summed E-state index contributed by atoms with van der Waals surface area (Å²) in [7, 11) is -1.83. The van der Waals surface area contributed by atoms with Gasteiger partial charge in [0.2, 0.25) is 0 Å². The third kappa shape index (κ3) is 6.72. The predicted molar refractivity (Wildman–Crippen MR) is 83.2 cm³/mol. The van der Waals surface area contributed by atoms with E-state index < -0.39 is 20.0 Å². The average molecular weight is 305 g/mol. The summed E-state index contributed by atoms with van der Waals surface area (Å²) in [6.07, 6.45) is -0.515. The smallest absolute Gasteiger partial charge is 0.412 e. The van der Waals surface area contributed by atoms with Crippen LogP contribution in [0.15, 0.2) is 0 Å². The van der Waals surface area contributed by atoms with Gasteiger partial charge >= 0.3 is 6.09 Å². The van der Waals surface area contributed by atoms with E-state index in [9.17, 15) is 9.90 Å². The Hall–Kier alpha value is -0.593. The van der Waals surface area contributed by atoms with Gasteiger partial charge in [-0.1, -0.05) is 20.8 Å². The molecule has 0 aromatic carbocycles. The molecule has 0 aliphatic carbocycles. The highest BCUT2D eigenvalue weighted by Gasteiger charge is 2.37. The number of aliphatic hydroxyl groups is 1. The third-order valence-corrected chi connectivity index (χ3v) is 7.99. The molecule has 0 spiro atoms. The van der Waals surface area contributed by atoms with E-state index in [2.05, 4.69) is 33.9 Å². The maximum absolute atomic E-state index is 11.8. The summed E-state index contributed by atoms with van der Waals surface area (Å²) in [6, 6.07) is 0. The number of hydrogen-bond acceptors (Lipinski definition) is 4. The molecule has 0 aromatic rings. The van der Waals surface area contributed by atoms with E-state index >= 15 is 0 Å². The number of rotatable bonds is 5. The maximum atomic E-state index is 11.8. The Morgan fingerprint density at radius 3 is 2.00 bits per heavy atom. The van der Waals surface area contributed by atoms with Crippen molar-refractivity contribution >= 4 is 14.4 Å². The second kappa shape index (κ2) is 6.91. The first-order valence-electron chi connectivity index (χ1n) is 7.03. The molecule has 0 aliphatic heterocycles. The van der Waals surface area contributed by atoms with Crippen LogP contribution in [-0.2, 0) is 9.16 Å². The lowest BCUT2D eigenvalue weighted by atomic mass is 10.2. The van der Waals surface area contributed by atoms with Gasteiger partial charge in [0.15, 0.2) is 8.32 Å². The van der Waals surface area contributed by atoms with Gasteiger partial charge in [0.25, 0.3) is 0 Å². The van der Waals surface area contributed by atoms with Crippen LogP contribution < -0.4 is 0 Å². The van der Waals surface area contributed by atoms with Crippen molar-refractivity contribution in [1.29, 1.82) is 0 Å². The van der Waals surface area contributed by atoms with Crippen molar-refractivity contribution in [3.05, 3.63) is 0 Å². The molecule has 1 N–H and O–H groups in total. The minimum absolute atomic E-state index is 0.128. The second-order valence-electron chi connectivity index (χ2n) is 7.49. The Balaban J connectivity index is 4.38. The second-order valence-corrected chi connectivity index (χ2v) is 12.3. The Kier molecular flexibility index (Phi) is 6.71. The molecule has 0 aliphatic rings. The van der Waals surface area contributed by atoms with Gasteiger partial charge in [0.1, 0.15) is 12.3 Å². The molecule has 0 heterocycles.